The Morgan fingerprint density at radius 2 is 1.88 bits per heavy atom. The molecular weight excluding hydrogens is 471 g/mol. The van der Waals surface area contributed by atoms with Gasteiger partial charge in [0.1, 0.15) is 5.82 Å². The average Bonchev–Trinajstić information content (AvgIpc) is 3.30. The summed E-state index contributed by atoms with van der Waals surface area (Å²) in [7, 11) is 4.20. The summed E-state index contributed by atoms with van der Waals surface area (Å²) < 4.78 is 15.3. The van der Waals surface area contributed by atoms with Gasteiger partial charge in [0.05, 0.1) is 11.9 Å². The quantitative estimate of drug-likeness (QED) is 0.351. The summed E-state index contributed by atoms with van der Waals surface area (Å²) in [5, 5.41) is 4.93. The molecule has 2 heterocycles. The van der Waals surface area contributed by atoms with E-state index < -0.39 is 0 Å². The highest BCUT2D eigenvalue weighted by Crippen LogP contribution is 2.36. The molecule has 6 nitrogen and oxygen atoms in total. The van der Waals surface area contributed by atoms with E-state index in [9.17, 15) is 0 Å². The van der Waals surface area contributed by atoms with Crippen LogP contribution in [-0.4, -0.2) is 62.5 Å². The van der Waals surface area contributed by atoms with Gasteiger partial charge >= 0.3 is 0 Å². The van der Waals surface area contributed by atoms with Crippen LogP contribution in [0.5, 0.6) is 0 Å². The maximum atomic E-state index is 15.3. The minimum Gasteiger partial charge on any atom is -0.375 e. The van der Waals surface area contributed by atoms with Gasteiger partial charge in [-0.2, -0.15) is 5.10 Å². The minimum atomic E-state index is -0.245. The first-order valence-corrected chi connectivity index (χ1v) is 12.4. The number of thiocarbonyl (C=S) groups is 1. The number of nitrogens with one attached hydrogen (secondary N) is 1. The van der Waals surface area contributed by atoms with E-state index >= 15 is 4.39 Å². The first-order valence-electron chi connectivity index (χ1n) is 11.7. The summed E-state index contributed by atoms with van der Waals surface area (Å²) in [6.07, 6.45) is 4.58. The van der Waals surface area contributed by atoms with Crippen LogP contribution in [0.15, 0.2) is 41.5 Å². The van der Waals surface area contributed by atoms with Crippen molar-refractivity contribution in [3.8, 4) is 0 Å². The summed E-state index contributed by atoms with van der Waals surface area (Å²) in [5.74, 6) is 0.194. The third kappa shape index (κ3) is 5.79. The SMILES string of the molecule is CN(C)C1CCN(c2cc(N3CCC(c4cccc(Cl)c4)CC3)c(F)cc2C=NNC(N)=S)C1. The highest BCUT2D eigenvalue weighted by molar-refractivity contribution is 7.80. The number of hydrazone groups is 1. The van der Waals surface area contributed by atoms with Crippen LogP contribution in [-0.2, 0) is 0 Å². The molecule has 0 aliphatic carbocycles. The van der Waals surface area contributed by atoms with Crippen molar-refractivity contribution in [3.05, 3.63) is 58.4 Å². The van der Waals surface area contributed by atoms with E-state index in [2.05, 4.69) is 45.4 Å². The fraction of sp³-hybridized carbons (Fsp3) is 0.440. The van der Waals surface area contributed by atoms with E-state index in [0.29, 0.717) is 23.2 Å². The van der Waals surface area contributed by atoms with Crippen molar-refractivity contribution in [1.29, 1.82) is 0 Å². The van der Waals surface area contributed by atoms with Crippen LogP contribution in [0.1, 0.15) is 36.3 Å². The fourth-order valence-corrected chi connectivity index (χ4v) is 5.20. The maximum Gasteiger partial charge on any atom is 0.184 e. The molecule has 2 saturated heterocycles. The van der Waals surface area contributed by atoms with Crippen molar-refractivity contribution in [2.24, 2.45) is 10.8 Å². The van der Waals surface area contributed by atoms with Crippen molar-refractivity contribution >= 4 is 46.5 Å². The van der Waals surface area contributed by atoms with Crippen molar-refractivity contribution in [1.82, 2.24) is 10.3 Å². The van der Waals surface area contributed by atoms with Crippen LogP contribution < -0.4 is 21.0 Å². The standard InChI is InChI=1S/C25H32ClFN6S/c1-31(2)21-8-11-33(16-21)23-14-24(22(27)13-19(23)15-29-30-25(28)34)32-9-6-17(7-10-32)18-4-3-5-20(26)12-18/h3-5,12-15,17,21H,6-11,16H2,1-2H3,(H3,28,30,34). The lowest BCUT2D eigenvalue weighted by molar-refractivity contribution is 0.315. The zero-order valence-electron chi connectivity index (χ0n) is 19.7. The zero-order valence-corrected chi connectivity index (χ0v) is 21.2. The van der Waals surface area contributed by atoms with Gasteiger partial charge in [0.2, 0.25) is 0 Å². The van der Waals surface area contributed by atoms with Gasteiger partial charge in [0, 0.05) is 48.5 Å². The molecule has 2 aliphatic rings. The Bertz CT molecular complexity index is 1050. The van der Waals surface area contributed by atoms with E-state index in [1.807, 2.05) is 24.3 Å². The van der Waals surface area contributed by atoms with Crippen LogP contribution in [0.3, 0.4) is 0 Å². The zero-order chi connectivity index (χ0) is 24.2. The van der Waals surface area contributed by atoms with Crippen LogP contribution in [0.2, 0.25) is 5.02 Å². The average molecular weight is 503 g/mol. The molecule has 4 rings (SSSR count). The van der Waals surface area contributed by atoms with Crippen LogP contribution in [0, 0.1) is 5.82 Å². The van der Waals surface area contributed by atoms with Crippen LogP contribution in [0.4, 0.5) is 15.8 Å². The monoisotopic (exact) mass is 502 g/mol. The lowest BCUT2D eigenvalue weighted by atomic mass is 9.89. The second-order valence-corrected chi connectivity index (χ2v) is 10.1. The van der Waals surface area contributed by atoms with E-state index in [1.165, 1.54) is 5.56 Å². The molecule has 0 bridgehead atoms. The first-order chi connectivity index (χ1) is 16.3. The van der Waals surface area contributed by atoms with Gasteiger partial charge in [-0.05, 0) is 81.3 Å². The topological polar surface area (TPSA) is 60.1 Å². The smallest absolute Gasteiger partial charge is 0.184 e. The number of nitrogens with zero attached hydrogens (tertiary/aromatic N) is 4. The Labute approximate surface area is 211 Å². The highest BCUT2D eigenvalue weighted by Gasteiger charge is 2.28. The Hall–Kier alpha value is -2.42. The summed E-state index contributed by atoms with van der Waals surface area (Å²) in [6, 6.07) is 12.1. The Kier molecular flexibility index (Phi) is 7.91. The van der Waals surface area contributed by atoms with Gasteiger partial charge < -0.3 is 20.4 Å². The molecule has 0 radical (unpaired) electrons. The van der Waals surface area contributed by atoms with E-state index in [0.717, 1.165) is 56.2 Å². The van der Waals surface area contributed by atoms with Crippen molar-refractivity contribution in [2.75, 3.05) is 50.1 Å². The van der Waals surface area contributed by atoms with Gasteiger partial charge in [-0.15, -0.1) is 0 Å². The van der Waals surface area contributed by atoms with E-state index in [4.69, 9.17) is 29.6 Å². The molecule has 2 aromatic rings. The van der Waals surface area contributed by atoms with Gasteiger partial charge in [0.25, 0.3) is 0 Å². The molecule has 0 aromatic heterocycles. The number of piperidine rings is 1. The normalized spacial score (nSPS) is 19.4. The molecule has 3 N–H and O–H groups in total. The molecular formula is C25H32ClFN6S. The Balaban J connectivity index is 1.57. The second kappa shape index (κ2) is 10.9. The lowest BCUT2D eigenvalue weighted by Crippen LogP contribution is -2.34. The second-order valence-electron chi connectivity index (χ2n) is 9.27. The third-order valence-electron chi connectivity index (χ3n) is 6.86. The largest absolute Gasteiger partial charge is 0.375 e. The summed E-state index contributed by atoms with van der Waals surface area (Å²) in [5.41, 5.74) is 11.6. The molecule has 2 fully saturated rings. The predicted octanol–water partition coefficient (Wildman–Crippen LogP) is 4.17. The predicted molar refractivity (Wildman–Crippen MR) is 144 cm³/mol. The number of halogens is 2. The molecule has 182 valence electrons. The first kappa shape index (κ1) is 24.7. The van der Waals surface area contributed by atoms with Crippen molar-refractivity contribution in [3.63, 3.8) is 0 Å². The molecule has 2 aliphatic heterocycles. The Morgan fingerprint density at radius 3 is 2.53 bits per heavy atom. The number of anilines is 2. The molecule has 1 atom stereocenters. The van der Waals surface area contributed by atoms with Crippen LogP contribution in [0.25, 0.3) is 0 Å². The number of nitrogens with two attached hydrogens (primary N) is 1. The minimum absolute atomic E-state index is 0.0753. The van der Waals surface area contributed by atoms with Gasteiger partial charge in [-0.25, -0.2) is 4.39 Å². The molecule has 0 spiro atoms. The van der Waals surface area contributed by atoms with Gasteiger partial charge in [0.15, 0.2) is 5.11 Å². The summed E-state index contributed by atoms with van der Waals surface area (Å²) in [6.45, 7) is 3.39. The van der Waals surface area contributed by atoms with Crippen LogP contribution >= 0.6 is 23.8 Å². The van der Waals surface area contributed by atoms with E-state index in [1.54, 1.807) is 12.3 Å². The number of hydrogen-bond acceptors (Lipinski definition) is 5. The van der Waals surface area contributed by atoms with Crippen molar-refractivity contribution < 1.29 is 4.39 Å². The van der Waals surface area contributed by atoms with Crippen molar-refractivity contribution in [2.45, 2.75) is 31.2 Å². The number of hydrogen-bond donors (Lipinski definition) is 2. The molecule has 0 amide bonds. The fourth-order valence-electron chi connectivity index (χ4n) is 4.95. The van der Waals surface area contributed by atoms with Gasteiger partial charge in [-0.1, -0.05) is 23.7 Å². The molecule has 0 saturated carbocycles. The number of rotatable bonds is 6. The highest BCUT2D eigenvalue weighted by atomic mass is 35.5. The molecule has 9 heteroatoms. The Morgan fingerprint density at radius 1 is 1.15 bits per heavy atom. The summed E-state index contributed by atoms with van der Waals surface area (Å²) in [4.78, 5) is 6.72. The van der Waals surface area contributed by atoms with Gasteiger partial charge in [-0.3, -0.25) is 5.43 Å². The lowest BCUT2D eigenvalue weighted by Gasteiger charge is -2.35. The molecule has 1 unspecified atom stereocenters. The summed E-state index contributed by atoms with van der Waals surface area (Å²) >= 11 is 11.0. The maximum absolute atomic E-state index is 15.3. The molecule has 34 heavy (non-hydrogen) atoms. The third-order valence-corrected chi connectivity index (χ3v) is 7.19. The number of benzene rings is 2. The van der Waals surface area contributed by atoms with E-state index in [-0.39, 0.29) is 10.9 Å². The number of likely N-dealkylation sites (N-methyl/N-ethyl adjacent to an activating group) is 1. The molecule has 2 aromatic carbocycles.